The van der Waals surface area contributed by atoms with Gasteiger partial charge in [-0.25, -0.2) is 4.79 Å². The van der Waals surface area contributed by atoms with E-state index in [-0.39, 0.29) is 11.9 Å². The smallest absolute Gasteiger partial charge is 0.339 e. The van der Waals surface area contributed by atoms with E-state index in [0.717, 1.165) is 15.6 Å². The molecule has 0 fully saturated rings. The molecule has 0 saturated carbocycles. The van der Waals surface area contributed by atoms with Crippen molar-refractivity contribution in [1.82, 2.24) is 5.32 Å². The summed E-state index contributed by atoms with van der Waals surface area (Å²) in [6.07, 6.45) is 0.329. The largest absolute Gasteiger partial charge is 0.486 e. The quantitative estimate of drug-likeness (QED) is 0.730. The minimum absolute atomic E-state index is 0.328. The summed E-state index contributed by atoms with van der Waals surface area (Å²) in [7, 11) is 0. The second-order valence-electron chi connectivity index (χ2n) is 7.17. The predicted octanol–water partition coefficient (Wildman–Crippen LogP) is 3.57. The lowest BCUT2D eigenvalue weighted by Crippen LogP contribution is -2.52. The van der Waals surface area contributed by atoms with Gasteiger partial charge in [-0.1, -0.05) is 34.1 Å². The first-order valence-corrected chi connectivity index (χ1v) is 9.88. The van der Waals surface area contributed by atoms with Crippen LogP contribution < -0.4 is 14.8 Å². The van der Waals surface area contributed by atoms with Crippen LogP contribution in [0.5, 0.6) is 11.5 Å². The van der Waals surface area contributed by atoms with Crippen LogP contribution >= 0.6 is 15.9 Å². The van der Waals surface area contributed by atoms with Crippen molar-refractivity contribution in [1.29, 1.82) is 0 Å². The monoisotopic (exact) mass is 445 g/mol. The van der Waals surface area contributed by atoms with Gasteiger partial charge in [0.25, 0.3) is 5.91 Å². The van der Waals surface area contributed by atoms with Crippen LogP contribution in [0.15, 0.2) is 40.9 Å². The molecule has 0 saturated heterocycles. The van der Waals surface area contributed by atoms with Gasteiger partial charge in [-0.05, 0) is 43.2 Å². The molecule has 28 heavy (non-hydrogen) atoms. The number of halogens is 1. The van der Waals surface area contributed by atoms with Crippen LogP contribution in [0.25, 0.3) is 0 Å². The summed E-state index contributed by atoms with van der Waals surface area (Å²) in [5.74, 6) is 0.497. The lowest BCUT2D eigenvalue weighted by Gasteiger charge is -2.34. The van der Waals surface area contributed by atoms with E-state index in [1.165, 1.54) is 0 Å². The molecule has 2 heterocycles. The molecule has 0 aromatic heterocycles. The molecule has 4 rings (SSSR count). The molecule has 146 valence electrons. The SMILES string of the molecule is CC(NC(=O)C1(C)Cc2ccccc2C(=O)O1)c1cc2c(cc1Br)OCCO2. The van der Waals surface area contributed by atoms with Gasteiger partial charge in [0, 0.05) is 10.9 Å². The Balaban J connectivity index is 1.55. The number of rotatable bonds is 3. The van der Waals surface area contributed by atoms with Gasteiger partial charge in [0.05, 0.1) is 11.6 Å². The molecule has 0 aliphatic carbocycles. The maximum Gasteiger partial charge on any atom is 0.339 e. The van der Waals surface area contributed by atoms with Crippen LogP contribution in [0.2, 0.25) is 0 Å². The molecule has 1 amide bonds. The van der Waals surface area contributed by atoms with E-state index in [9.17, 15) is 9.59 Å². The topological polar surface area (TPSA) is 73.9 Å². The minimum Gasteiger partial charge on any atom is -0.486 e. The Morgan fingerprint density at radius 2 is 1.86 bits per heavy atom. The third-order valence-electron chi connectivity index (χ3n) is 5.04. The fraction of sp³-hybridized carbons (Fsp3) is 0.333. The average Bonchev–Trinajstić information content (AvgIpc) is 2.67. The molecule has 0 spiro atoms. The molecule has 1 N–H and O–H groups in total. The molecule has 2 atom stereocenters. The first-order valence-electron chi connectivity index (χ1n) is 9.08. The van der Waals surface area contributed by atoms with Gasteiger partial charge >= 0.3 is 5.97 Å². The van der Waals surface area contributed by atoms with Crippen molar-refractivity contribution in [2.24, 2.45) is 0 Å². The van der Waals surface area contributed by atoms with Crippen molar-refractivity contribution in [2.45, 2.75) is 31.9 Å². The van der Waals surface area contributed by atoms with E-state index in [1.807, 2.05) is 31.2 Å². The number of fused-ring (bicyclic) bond motifs is 2. The van der Waals surface area contributed by atoms with E-state index >= 15 is 0 Å². The molecule has 2 aromatic carbocycles. The van der Waals surface area contributed by atoms with Crippen LogP contribution in [-0.4, -0.2) is 30.7 Å². The maximum absolute atomic E-state index is 13.0. The second-order valence-corrected chi connectivity index (χ2v) is 8.02. The second kappa shape index (κ2) is 7.13. The summed E-state index contributed by atoms with van der Waals surface area (Å²) in [6.45, 7) is 4.51. The van der Waals surface area contributed by atoms with Crippen LogP contribution in [0.3, 0.4) is 0 Å². The molecular weight excluding hydrogens is 426 g/mol. The number of cyclic esters (lactones) is 1. The van der Waals surface area contributed by atoms with Crippen molar-refractivity contribution < 1.29 is 23.8 Å². The first kappa shape index (κ1) is 18.8. The van der Waals surface area contributed by atoms with Gasteiger partial charge in [-0.15, -0.1) is 0 Å². The number of nitrogens with one attached hydrogen (secondary N) is 1. The third kappa shape index (κ3) is 3.35. The van der Waals surface area contributed by atoms with Crippen molar-refractivity contribution in [2.75, 3.05) is 13.2 Å². The molecular formula is C21H20BrNO5. The first-order chi connectivity index (χ1) is 13.4. The Morgan fingerprint density at radius 3 is 2.61 bits per heavy atom. The van der Waals surface area contributed by atoms with E-state index < -0.39 is 11.6 Å². The van der Waals surface area contributed by atoms with Gasteiger partial charge < -0.3 is 19.5 Å². The van der Waals surface area contributed by atoms with Gasteiger partial charge in [0.1, 0.15) is 13.2 Å². The maximum atomic E-state index is 13.0. The van der Waals surface area contributed by atoms with Crippen molar-refractivity contribution in [3.8, 4) is 11.5 Å². The average molecular weight is 446 g/mol. The third-order valence-corrected chi connectivity index (χ3v) is 5.73. The van der Waals surface area contributed by atoms with Crippen LogP contribution in [-0.2, 0) is 16.0 Å². The van der Waals surface area contributed by atoms with Gasteiger partial charge in [-0.2, -0.15) is 0 Å². The van der Waals surface area contributed by atoms with Crippen LogP contribution in [0.4, 0.5) is 0 Å². The number of benzene rings is 2. The lowest BCUT2D eigenvalue weighted by molar-refractivity contribution is -0.140. The van der Waals surface area contributed by atoms with Crippen molar-refractivity contribution in [3.63, 3.8) is 0 Å². The fourth-order valence-electron chi connectivity index (χ4n) is 3.50. The van der Waals surface area contributed by atoms with E-state index in [4.69, 9.17) is 14.2 Å². The zero-order valence-corrected chi connectivity index (χ0v) is 17.2. The summed E-state index contributed by atoms with van der Waals surface area (Å²) < 4.78 is 17.5. The normalized spacial score (nSPS) is 21.3. The van der Waals surface area contributed by atoms with Crippen LogP contribution in [0.1, 0.15) is 41.4 Å². The standard InChI is InChI=1S/C21H20BrNO5/c1-12(15-9-17-18(10-16(15)22)27-8-7-26-17)23-20(25)21(2)11-13-5-3-4-6-14(13)19(24)28-21/h3-6,9-10,12H,7-8,11H2,1-2H3,(H,23,25). The Labute approximate surface area is 171 Å². The molecule has 2 aliphatic rings. The van der Waals surface area contributed by atoms with E-state index in [2.05, 4.69) is 21.2 Å². The Bertz CT molecular complexity index is 960. The Morgan fingerprint density at radius 1 is 1.18 bits per heavy atom. The number of ether oxygens (including phenoxy) is 3. The molecule has 2 unspecified atom stereocenters. The highest BCUT2D eigenvalue weighted by molar-refractivity contribution is 9.10. The highest BCUT2D eigenvalue weighted by Gasteiger charge is 2.43. The number of hydrogen-bond acceptors (Lipinski definition) is 5. The Hall–Kier alpha value is -2.54. The number of hydrogen-bond donors (Lipinski definition) is 1. The highest BCUT2D eigenvalue weighted by atomic mass is 79.9. The molecule has 7 heteroatoms. The van der Waals surface area contributed by atoms with Crippen molar-refractivity contribution in [3.05, 3.63) is 57.6 Å². The van der Waals surface area contributed by atoms with Gasteiger partial charge in [0.15, 0.2) is 17.1 Å². The van der Waals surface area contributed by atoms with E-state index in [1.54, 1.807) is 19.1 Å². The summed E-state index contributed by atoms with van der Waals surface area (Å²) in [4.78, 5) is 25.3. The summed E-state index contributed by atoms with van der Waals surface area (Å²) in [5.41, 5.74) is 0.906. The number of carbonyl (C=O) groups is 2. The number of carbonyl (C=O) groups excluding carboxylic acids is 2. The summed E-state index contributed by atoms with van der Waals surface area (Å²) in [5, 5.41) is 2.96. The van der Waals surface area contributed by atoms with Crippen molar-refractivity contribution >= 4 is 27.8 Å². The fourth-order valence-corrected chi connectivity index (χ4v) is 4.16. The number of esters is 1. The molecule has 0 bridgehead atoms. The molecule has 2 aromatic rings. The number of amides is 1. The van der Waals surface area contributed by atoms with E-state index in [0.29, 0.717) is 36.7 Å². The highest BCUT2D eigenvalue weighted by Crippen LogP contribution is 2.38. The zero-order valence-electron chi connectivity index (χ0n) is 15.6. The van der Waals surface area contributed by atoms with Gasteiger partial charge in [0.2, 0.25) is 0 Å². The molecule has 2 aliphatic heterocycles. The van der Waals surface area contributed by atoms with Gasteiger partial charge in [-0.3, -0.25) is 4.79 Å². The molecule has 6 nitrogen and oxygen atoms in total. The zero-order chi connectivity index (χ0) is 19.9. The Kier molecular flexibility index (Phi) is 4.79. The van der Waals surface area contributed by atoms with Crippen LogP contribution in [0, 0.1) is 0 Å². The minimum atomic E-state index is -1.26. The lowest BCUT2D eigenvalue weighted by atomic mass is 9.89. The summed E-state index contributed by atoms with van der Waals surface area (Å²) >= 11 is 3.53. The molecule has 0 radical (unpaired) electrons. The summed E-state index contributed by atoms with van der Waals surface area (Å²) in [6, 6.07) is 10.6. The predicted molar refractivity (Wildman–Crippen MR) is 106 cm³/mol.